The lowest BCUT2D eigenvalue weighted by molar-refractivity contribution is -0.122. The molecule has 2 unspecified atom stereocenters. The first-order valence-electron chi connectivity index (χ1n) is 4.20. The molecule has 0 aliphatic carbocycles. The van der Waals surface area contributed by atoms with Gasteiger partial charge in [0.05, 0.1) is 0 Å². The summed E-state index contributed by atoms with van der Waals surface area (Å²) in [5.74, 6) is 0.430. The number of Topliss-reactive ketones (excluding diaryl/α,β-unsaturated/α-hetero) is 1. The molecule has 0 aromatic rings. The summed E-state index contributed by atoms with van der Waals surface area (Å²) in [6.07, 6.45) is 3.58. The van der Waals surface area contributed by atoms with Gasteiger partial charge in [-0.15, -0.1) is 12.4 Å². The fraction of sp³-hybridized carbons (Fsp3) is 0.875. The van der Waals surface area contributed by atoms with Gasteiger partial charge in [-0.2, -0.15) is 12.6 Å². The molecular weight excluding hydrogens is 194 g/mol. The lowest BCUT2D eigenvalue weighted by Crippen LogP contribution is -2.51. The summed E-state index contributed by atoms with van der Waals surface area (Å²) in [4.78, 5) is 11.1. The minimum Gasteiger partial charge on any atom is -0.310 e. The molecule has 1 N–H and O–H groups in total. The molecule has 0 aromatic heterocycles. The van der Waals surface area contributed by atoms with Crippen LogP contribution in [0.1, 0.15) is 25.7 Å². The Balaban J connectivity index is 0.000000720. The highest BCUT2D eigenvalue weighted by Crippen LogP contribution is 2.26. The molecular formula is C8H14ClNOS. The van der Waals surface area contributed by atoms with Crippen molar-refractivity contribution in [3.05, 3.63) is 0 Å². The predicted molar refractivity (Wildman–Crippen MR) is 54.2 cm³/mol. The molecule has 70 valence electrons. The molecule has 4 heteroatoms. The van der Waals surface area contributed by atoms with Crippen LogP contribution in [0.2, 0.25) is 0 Å². The highest BCUT2D eigenvalue weighted by atomic mass is 35.5. The highest BCUT2D eigenvalue weighted by molar-refractivity contribution is 7.80. The summed E-state index contributed by atoms with van der Waals surface area (Å²) in [6.45, 7) is 0. The van der Waals surface area contributed by atoms with Crippen LogP contribution in [0.3, 0.4) is 0 Å². The monoisotopic (exact) mass is 207 g/mol. The molecule has 2 aliphatic rings. The van der Waals surface area contributed by atoms with Crippen molar-refractivity contribution < 1.29 is 4.79 Å². The predicted octanol–water partition coefficient (Wildman–Crippen LogP) is 1.19. The standard InChI is InChI=1S/C8H13NOS.ClH/c10-7-1-5-3-8(11)4-6(2-7)9-5;/h5-6,8-9,11H,1-4H2;1H. The Bertz CT molecular complexity index is 168. The molecule has 0 aromatic carbocycles. The zero-order valence-electron chi connectivity index (χ0n) is 6.82. The van der Waals surface area contributed by atoms with Crippen molar-refractivity contribution in [1.82, 2.24) is 5.32 Å². The number of hydrogen-bond acceptors (Lipinski definition) is 3. The number of fused-ring (bicyclic) bond motifs is 2. The smallest absolute Gasteiger partial charge is 0.136 e. The molecule has 2 bridgehead atoms. The van der Waals surface area contributed by atoms with Crippen LogP contribution in [0, 0.1) is 0 Å². The van der Waals surface area contributed by atoms with Crippen molar-refractivity contribution in [3.8, 4) is 0 Å². The van der Waals surface area contributed by atoms with E-state index in [1.807, 2.05) is 0 Å². The maximum absolute atomic E-state index is 11.1. The summed E-state index contributed by atoms with van der Waals surface area (Å²) < 4.78 is 0. The maximum Gasteiger partial charge on any atom is 0.136 e. The molecule has 2 fully saturated rings. The topological polar surface area (TPSA) is 29.1 Å². The van der Waals surface area contributed by atoms with Crippen LogP contribution in [0.5, 0.6) is 0 Å². The van der Waals surface area contributed by atoms with Crippen molar-refractivity contribution in [3.63, 3.8) is 0 Å². The molecule has 2 nitrogen and oxygen atoms in total. The van der Waals surface area contributed by atoms with Gasteiger partial charge in [0, 0.05) is 30.2 Å². The second-order valence-corrected chi connectivity index (χ2v) is 4.36. The van der Waals surface area contributed by atoms with Crippen LogP contribution in [-0.4, -0.2) is 23.1 Å². The van der Waals surface area contributed by atoms with Crippen molar-refractivity contribution in [2.24, 2.45) is 0 Å². The van der Waals surface area contributed by atoms with Crippen LogP contribution >= 0.6 is 25.0 Å². The van der Waals surface area contributed by atoms with Gasteiger partial charge in [-0.3, -0.25) is 4.79 Å². The Kier molecular flexibility index (Phi) is 3.44. The first kappa shape index (κ1) is 10.4. The number of ketones is 1. The van der Waals surface area contributed by atoms with Crippen molar-refractivity contribution in [2.75, 3.05) is 0 Å². The molecule has 0 amide bonds. The Labute approximate surface area is 84.3 Å². The van der Waals surface area contributed by atoms with Gasteiger partial charge in [-0.05, 0) is 12.8 Å². The number of thiol groups is 1. The fourth-order valence-corrected chi connectivity index (χ4v) is 2.65. The molecule has 0 saturated carbocycles. The molecule has 0 radical (unpaired) electrons. The lowest BCUT2D eigenvalue weighted by Gasteiger charge is -2.37. The first-order valence-corrected chi connectivity index (χ1v) is 4.71. The van der Waals surface area contributed by atoms with Crippen molar-refractivity contribution in [2.45, 2.75) is 43.0 Å². The van der Waals surface area contributed by atoms with E-state index < -0.39 is 0 Å². The van der Waals surface area contributed by atoms with E-state index >= 15 is 0 Å². The largest absolute Gasteiger partial charge is 0.310 e. The third kappa shape index (κ3) is 2.15. The quantitative estimate of drug-likeness (QED) is 0.585. The van der Waals surface area contributed by atoms with E-state index in [1.165, 1.54) is 0 Å². The van der Waals surface area contributed by atoms with Gasteiger partial charge in [0.2, 0.25) is 0 Å². The van der Waals surface area contributed by atoms with Gasteiger partial charge in [0.25, 0.3) is 0 Å². The van der Waals surface area contributed by atoms with Gasteiger partial charge >= 0.3 is 0 Å². The van der Waals surface area contributed by atoms with Gasteiger partial charge in [-0.1, -0.05) is 0 Å². The van der Waals surface area contributed by atoms with Crippen LogP contribution in [0.25, 0.3) is 0 Å². The van der Waals surface area contributed by atoms with Gasteiger partial charge < -0.3 is 5.32 Å². The van der Waals surface area contributed by atoms with E-state index in [0.717, 1.165) is 25.7 Å². The zero-order valence-corrected chi connectivity index (χ0v) is 8.54. The normalized spacial score (nSPS) is 40.4. The molecule has 2 heterocycles. The second-order valence-electron chi connectivity index (χ2n) is 3.63. The zero-order chi connectivity index (χ0) is 7.84. The average molecular weight is 208 g/mol. The van der Waals surface area contributed by atoms with E-state index in [4.69, 9.17) is 0 Å². The minimum atomic E-state index is 0. The second kappa shape index (κ2) is 3.99. The van der Waals surface area contributed by atoms with Gasteiger partial charge in [0.1, 0.15) is 5.78 Å². The average Bonchev–Trinajstić information content (AvgIpc) is 1.82. The minimum absolute atomic E-state index is 0. The Morgan fingerprint density at radius 3 is 2.25 bits per heavy atom. The lowest BCUT2D eigenvalue weighted by atomic mass is 9.86. The van der Waals surface area contributed by atoms with Gasteiger partial charge in [0.15, 0.2) is 0 Å². The van der Waals surface area contributed by atoms with Crippen LogP contribution in [0.15, 0.2) is 0 Å². The van der Waals surface area contributed by atoms with Crippen molar-refractivity contribution in [1.29, 1.82) is 0 Å². The number of piperidine rings is 2. The SMILES string of the molecule is Cl.O=C1CC2CC(S)CC(C1)N2. The maximum atomic E-state index is 11.1. The molecule has 2 atom stereocenters. The van der Waals surface area contributed by atoms with E-state index in [-0.39, 0.29) is 12.4 Å². The Morgan fingerprint density at radius 2 is 1.75 bits per heavy atom. The van der Waals surface area contributed by atoms with Gasteiger partial charge in [-0.25, -0.2) is 0 Å². The van der Waals surface area contributed by atoms with E-state index in [2.05, 4.69) is 17.9 Å². The van der Waals surface area contributed by atoms with Crippen molar-refractivity contribution >= 4 is 30.8 Å². The number of hydrogen-bond donors (Lipinski definition) is 2. The molecule has 2 rings (SSSR count). The third-order valence-electron chi connectivity index (χ3n) is 2.53. The summed E-state index contributed by atoms with van der Waals surface area (Å²) >= 11 is 4.45. The summed E-state index contributed by atoms with van der Waals surface area (Å²) in [7, 11) is 0. The van der Waals surface area contributed by atoms with Crippen LogP contribution in [0.4, 0.5) is 0 Å². The highest BCUT2D eigenvalue weighted by Gasteiger charge is 2.33. The molecule has 2 saturated heterocycles. The number of carbonyl (C=O) groups is 1. The Morgan fingerprint density at radius 1 is 1.25 bits per heavy atom. The van der Waals surface area contributed by atoms with E-state index in [0.29, 0.717) is 23.1 Å². The van der Waals surface area contributed by atoms with Crippen LogP contribution < -0.4 is 5.32 Å². The first-order chi connectivity index (χ1) is 5.24. The summed E-state index contributed by atoms with van der Waals surface area (Å²) in [5.41, 5.74) is 0. The molecule has 0 spiro atoms. The number of rotatable bonds is 0. The molecule has 2 aliphatic heterocycles. The van der Waals surface area contributed by atoms with E-state index in [9.17, 15) is 4.79 Å². The fourth-order valence-electron chi connectivity index (χ4n) is 2.14. The number of halogens is 1. The third-order valence-corrected chi connectivity index (χ3v) is 2.95. The Hall–Kier alpha value is 0.270. The molecule has 12 heavy (non-hydrogen) atoms. The van der Waals surface area contributed by atoms with Crippen LogP contribution in [-0.2, 0) is 4.79 Å². The summed E-state index contributed by atoms with van der Waals surface area (Å²) in [6, 6.07) is 0.856. The summed E-state index contributed by atoms with van der Waals surface area (Å²) in [5, 5.41) is 3.96. The number of nitrogens with one attached hydrogen (secondary N) is 1. The number of carbonyl (C=O) groups excluding carboxylic acids is 1. The van der Waals surface area contributed by atoms with E-state index in [1.54, 1.807) is 0 Å².